The van der Waals surface area contributed by atoms with E-state index in [1.807, 2.05) is 0 Å². The van der Waals surface area contributed by atoms with Crippen LogP contribution in [0.15, 0.2) is 24.9 Å². The van der Waals surface area contributed by atoms with E-state index in [1.54, 1.807) is 0 Å². The number of nitrogens with one attached hydrogen (secondary N) is 2. The molecule has 0 aliphatic carbocycles. The van der Waals surface area contributed by atoms with E-state index in [0.717, 1.165) is 38.1 Å². The highest BCUT2D eigenvalue weighted by molar-refractivity contribution is 5.86. The number of allylic oxidation sites excluding steroid dienone is 1. The lowest BCUT2D eigenvalue weighted by Gasteiger charge is -2.08. The van der Waals surface area contributed by atoms with Crippen molar-refractivity contribution in [1.29, 1.82) is 0 Å². The molecule has 0 spiro atoms. The molecule has 0 aromatic heterocycles. The minimum Gasteiger partial charge on any atom is -0.389 e. The molecule has 0 fully saturated rings. The van der Waals surface area contributed by atoms with Gasteiger partial charge in [-0.15, -0.1) is 0 Å². The van der Waals surface area contributed by atoms with Crippen molar-refractivity contribution in [2.75, 3.05) is 39.5 Å². The molecule has 0 saturated carbocycles. The average Bonchev–Trinajstić information content (AvgIpc) is 2.47. The number of hydrogen-bond acceptors (Lipinski definition) is 4. The van der Waals surface area contributed by atoms with Crippen LogP contribution in [0.5, 0.6) is 0 Å². The zero-order valence-electron chi connectivity index (χ0n) is 12.6. The van der Waals surface area contributed by atoms with Crippen molar-refractivity contribution in [3.63, 3.8) is 0 Å². The molecule has 2 N–H and O–H groups in total. The Morgan fingerprint density at radius 1 is 1.05 bits per heavy atom. The molecule has 0 atom stereocenters. The number of carbonyl (C=O) groups is 1. The Hall–Kier alpha value is -1.33. The van der Waals surface area contributed by atoms with Crippen LogP contribution in [0.25, 0.3) is 0 Å². The van der Waals surface area contributed by atoms with Crippen LogP contribution in [-0.4, -0.2) is 45.4 Å². The standard InChI is InChI=1S/C15H28N2O3/c1-4-14(3)16-8-6-10-19-12-13-20-11-7-9-17-15(18)5-2/h5,16H,2-4,6-13H2,1H3,(H,17,18). The van der Waals surface area contributed by atoms with Gasteiger partial charge in [0.05, 0.1) is 13.2 Å². The molecule has 5 nitrogen and oxygen atoms in total. The molecule has 0 heterocycles. The third kappa shape index (κ3) is 13.1. The Labute approximate surface area is 122 Å². The van der Waals surface area contributed by atoms with E-state index in [4.69, 9.17) is 9.47 Å². The van der Waals surface area contributed by atoms with Crippen LogP contribution in [0.3, 0.4) is 0 Å². The largest absolute Gasteiger partial charge is 0.389 e. The average molecular weight is 284 g/mol. The number of ether oxygens (including phenoxy) is 2. The maximum atomic E-state index is 10.8. The maximum absolute atomic E-state index is 10.8. The Morgan fingerprint density at radius 3 is 2.10 bits per heavy atom. The van der Waals surface area contributed by atoms with Gasteiger partial charge in [-0.1, -0.05) is 20.1 Å². The molecular weight excluding hydrogens is 256 g/mol. The van der Waals surface area contributed by atoms with E-state index in [-0.39, 0.29) is 5.91 Å². The van der Waals surface area contributed by atoms with Gasteiger partial charge in [0.15, 0.2) is 0 Å². The summed E-state index contributed by atoms with van der Waals surface area (Å²) in [6, 6.07) is 0. The first kappa shape index (κ1) is 18.7. The van der Waals surface area contributed by atoms with Gasteiger partial charge in [0, 0.05) is 32.0 Å². The van der Waals surface area contributed by atoms with Crippen LogP contribution in [0.2, 0.25) is 0 Å². The smallest absolute Gasteiger partial charge is 0.243 e. The SMILES string of the molecule is C=CC(=O)NCCCOCCOCCCNC(=C)CC. The second kappa shape index (κ2) is 14.1. The highest BCUT2D eigenvalue weighted by Gasteiger charge is 1.94. The van der Waals surface area contributed by atoms with E-state index in [2.05, 4.69) is 30.7 Å². The first-order chi connectivity index (χ1) is 9.70. The predicted molar refractivity (Wildman–Crippen MR) is 81.5 cm³/mol. The normalized spacial score (nSPS) is 10.1. The van der Waals surface area contributed by atoms with Gasteiger partial charge in [-0.2, -0.15) is 0 Å². The minimum absolute atomic E-state index is 0.146. The Balaban J connectivity index is 3.08. The molecule has 0 aliphatic heterocycles. The van der Waals surface area contributed by atoms with Gasteiger partial charge >= 0.3 is 0 Å². The topological polar surface area (TPSA) is 59.6 Å². The Bertz CT molecular complexity index is 280. The van der Waals surface area contributed by atoms with Gasteiger partial charge < -0.3 is 20.1 Å². The summed E-state index contributed by atoms with van der Waals surface area (Å²) in [5.74, 6) is -0.146. The van der Waals surface area contributed by atoms with Crippen molar-refractivity contribution in [1.82, 2.24) is 10.6 Å². The molecule has 1 amide bonds. The molecular formula is C15H28N2O3. The van der Waals surface area contributed by atoms with Crippen LogP contribution >= 0.6 is 0 Å². The van der Waals surface area contributed by atoms with Crippen LogP contribution in [0.1, 0.15) is 26.2 Å². The predicted octanol–water partition coefficient (Wildman–Crippen LogP) is 1.62. The molecule has 0 aliphatic rings. The molecule has 116 valence electrons. The molecule has 0 rings (SSSR count). The van der Waals surface area contributed by atoms with Crippen molar-refractivity contribution in [2.24, 2.45) is 0 Å². The second-order valence-electron chi connectivity index (χ2n) is 4.31. The van der Waals surface area contributed by atoms with Crippen LogP contribution in [-0.2, 0) is 14.3 Å². The Kier molecular flexibility index (Phi) is 13.2. The van der Waals surface area contributed by atoms with E-state index in [9.17, 15) is 4.79 Å². The number of rotatable bonds is 14. The quantitative estimate of drug-likeness (QED) is 0.376. The number of carbonyl (C=O) groups excluding carboxylic acids is 1. The fourth-order valence-electron chi connectivity index (χ4n) is 1.34. The lowest BCUT2D eigenvalue weighted by molar-refractivity contribution is -0.116. The number of hydrogen-bond donors (Lipinski definition) is 2. The summed E-state index contributed by atoms with van der Waals surface area (Å²) in [5.41, 5.74) is 1.07. The summed E-state index contributed by atoms with van der Waals surface area (Å²) in [5, 5.41) is 5.91. The van der Waals surface area contributed by atoms with E-state index >= 15 is 0 Å². The van der Waals surface area contributed by atoms with E-state index in [0.29, 0.717) is 26.4 Å². The zero-order chi connectivity index (χ0) is 15.1. The molecule has 0 saturated heterocycles. The highest BCUT2D eigenvalue weighted by atomic mass is 16.5. The van der Waals surface area contributed by atoms with Crippen LogP contribution in [0, 0.1) is 0 Å². The van der Waals surface area contributed by atoms with Gasteiger partial charge in [0.25, 0.3) is 0 Å². The lowest BCUT2D eigenvalue weighted by atomic mass is 10.3. The van der Waals surface area contributed by atoms with Gasteiger partial charge in [-0.05, 0) is 25.3 Å². The summed E-state index contributed by atoms with van der Waals surface area (Å²) in [6.07, 6.45) is 3.98. The molecule has 0 aromatic carbocycles. The second-order valence-corrected chi connectivity index (χ2v) is 4.31. The van der Waals surface area contributed by atoms with Gasteiger partial charge in [-0.25, -0.2) is 0 Å². The Morgan fingerprint density at radius 2 is 1.60 bits per heavy atom. The fraction of sp³-hybridized carbons (Fsp3) is 0.667. The monoisotopic (exact) mass is 284 g/mol. The van der Waals surface area contributed by atoms with Gasteiger partial charge in [0.2, 0.25) is 5.91 Å². The minimum atomic E-state index is -0.146. The molecule has 0 bridgehead atoms. The highest BCUT2D eigenvalue weighted by Crippen LogP contribution is 1.91. The van der Waals surface area contributed by atoms with Crippen molar-refractivity contribution in [3.8, 4) is 0 Å². The summed E-state index contributed by atoms with van der Waals surface area (Å²) in [7, 11) is 0. The van der Waals surface area contributed by atoms with Crippen molar-refractivity contribution < 1.29 is 14.3 Å². The summed E-state index contributed by atoms with van der Waals surface area (Å²) >= 11 is 0. The van der Waals surface area contributed by atoms with Crippen LogP contribution < -0.4 is 10.6 Å². The van der Waals surface area contributed by atoms with E-state index in [1.165, 1.54) is 6.08 Å². The summed E-state index contributed by atoms with van der Waals surface area (Å²) < 4.78 is 10.8. The molecule has 0 aromatic rings. The molecule has 0 radical (unpaired) electrons. The first-order valence-corrected chi connectivity index (χ1v) is 7.18. The van der Waals surface area contributed by atoms with Gasteiger partial charge in [-0.3, -0.25) is 4.79 Å². The van der Waals surface area contributed by atoms with Crippen LogP contribution in [0.4, 0.5) is 0 Å². The lowest BCUT2D eigenvalue weighted by Crippen LogP contribution is -2.23. The molecule has 0 unspecified atom stereocenters. The van der Waals surface area contributed by atoms with E-state index < -0.39 is 0 Å². The maximum Gasteiger partial charge on any atom is 0.243 e. The zero-order valence-corrected chi connectivity index (χ0v) is 12.6. The number of amides is 1. The third-order valence-electron chi connectivity index (χ3n) is 2.59. The summed E-state index contributed by atoms with van der Waals surface area (Å²) in [6.45, 7) is 13.4. The van der Waals surface area contributed by atoms with Crippen molar-refractivity contribution in [2.45, 2.75) is 26.2 Å². The molecule has 5 heteroatoms. The third-order valence-corrected chi connectivity index (χ3v) is 2.59. The van der Waals surface area contributed by atoms with Crippen molar-refractivity contribution >= 4 is 5.91 Å². The molecule has 20 heavy (non-hydrogen) atoms. The fourth-order valence-corrected chi connectivity index (χ4v) is 1.34. The van der Waals surface area contributed by atoms with Gasteiger partial charge in [0.1, 0.15) is 0 Å². The van der Waals surface area contributed by atoms with Crippen molar-refractivity contribution in [3.05, 3.63) is 24.9 Å². The summed E-state index contributed by atoms with van der Waals surface area (Å²) in [4.78, 5) is 10.8. The first-order valence-electron chi connectivity index (χ1n) is 7.18.